The van der Waals surface area contributed by atoms with Gasteiger partial charge in [0.1, 0.15) is 0 Å². The van der Waals surface area contributed by atoms with Crippen molar-refractivity contribution in [2.24, 2.45) is 5.92 Å². The Hall–Kier alpha value is -2.04. The first-order valence-electron chi connectivity index (χ1n) is 7.23. The van der Waals surface area contributed by atoms with Gasteiger partial charge < -0.3 is 14.9 Å². The second kappa shape index (κ2) is 6.16. The molecule has 0 unspecified atom stereocenters. The summed E-state index contributed by atoms with van der Waals surface area (Å²) in [4.78, 5) is 27.6. The molecule has 1 N–H and O–H groups in total. The number of piperidine rings is 1. The summed E-state index contributed by atoms with van der Waals surface area (Å²) in [5.41, 5.74) is 1.57. The molecule has 1 aliphatic rings. The second-order valence-electron chi connectivity index (χ2n) is 5.77. The third-order valence-electron chi connectivity index (χ3n) is 4.18. The van der Waals surface area contributed by atoms with Gasteiger partial charge in [-0.25, -0.2) is 0 Å². The van der Waals surface area contributed by atoms with E-state index < -0.39 is 11.9 Å². The van der Waals surface area contributed by atoms with Crippen molar-refractivity contribution in [2.75, 3.05) is 25.5 Å². The Kier molecular flexibility index (Phi) is 4.50. The molecule has 0 aliphatic carbocycles. The number of aliphatic carboxylic acids is 1. The summed E-state index contributed by atoms with van der Waals surface area (Å²) in [6.45, 7) is 2.45. The summed E-state index contributed by atoms with van der Waals surface area (Å²) < 4.78 is 0. The highest BCUT2D eigenvalue weighted by Crippen LogP contribution is 2.26. The molecule has 0 bridgehead atoms. The van der Waals surface area contributed by atoms with Crippen LogP contribution >= 0.6 is 0 Å². The van der Waals surface area contributed by atoms with E-state index in [1.54, 1.807) is 11.0 Å². The Bertz CT molecular complexity index is 542. The van der Waals surface area contributed by atoms with Crippen LogP contribution in [0.1, 0.15) is 30.1 Å². The SMILES string of the molecule is C[C@@H]1[C@H](C(=O)O)CCCN1C(=O)c1cccc(N(C)C)c1. The molecule has 5 heteroatoms. The highest BCUT2D eigenvalue weighted by atomic mass is 16.4. The number of carboxylic acids is 1. The molecule has 1 aromatic rings. The molecule has 0 saturated carbocycles. The maximum absolute atomic E-state index is 12.7. The molecule has 1 amide bonds. The smallest absolute Gasteiger partial charge is 0.308 e. The van der Waals surface area contributed by atoms with Crippen molar-refractivity contribution in [3.63, 3.8) is 0 Å². The molecular formula is C16H22N2O3. The zero-order valence-electron chi connectivity index (χ0n) is 12.7. The van der Waals surface area contributed by atoms with Crippen molar-refractivity contribution in [2.45, 2.75) is 25.8 Å². The number of carboxylic acid groups (broad SMARTS) is 1. The topological polar surface area (TPSA) is 60.9 Å². The number of rotatable bonds is 3. The van der Waals surface area contributed by atoms with Crippen LogP contribution in [0.4, 0.5) is 5.69 Å². The van der Waals surface area contributed by atoms with Crippen LogP contribution in [0.3, 0.4) is 0 Å². The fourth-order valence-corrected chi connectivity index (χ4v) is 2.84. The molecule has 1 heterocycles. The number of anilines is 1. The number of hydrogen-bond donors (Lipinski definition) is 1. The van der Waals surface area contributed by atoms with Crippen LogP contribution in [-0.2, 0) is 4.79 Å². The molecule has 5 nitrogen and oxygen atoms in total. The van der Waals surface area contributed by atoms with Gasteiger partial charge in [0.2, 0.25) is 0 Å². The maximum Gasteiger partial charge on any atom is 0.308 e. The Morgan fingerprint density at radius 1 is 1.33 bits per heavy atom. The van der Waals surface area contributed by atoms with E-state index >= 15 is 0 Å². The fourth-order valence-electron chi connectivity index (χ4n) is 2.84. The van der Waals surface area contributed by atoms with Gasteiger partial charge in [-0.05, 0) is 38.0 Å². The van der Waals surface area contributed by atoms with Crippen molar-refractivity contribution in [1.82, 2.24) is 4.90 Å². The van der Waals surface area contributed by atoms with Gasteiger partial charge in [-0.2, -0.15) is 0 Å². The first-order valence-corrected chi connectivity index (χ1v) is 7.23. The van der Waals surface area contributed by atoms with Crippen molar-refractivity contribution < 1.29 is 14.7 Å². The van der Waals surface area contributed by atoms with Crippen LogP contribution in [-0.4, -0.2) is 48.6 Å². The number of carbonyl (C=O) groups is 2. The van der Waals surface area contributed by atoms with E-state index in [4.69, 9.17) is 0 Å². The highest BCUT2D eigenvalue weighted by molar-refractivity contribution is 5.95. The molecule has 1 saturated heterocycles. The minimum Gasteiger partial charge on any atom is -0.481 e. The fraction of sp³-hybridized carbons (Fsp3) is 0.500. The highest BCUT2D eigenvalue weighted by Gasteiger charge is 2.35. The second-order valence-corrected chi connectivity index (χ2v) is 5.77. The Balaban J connectivity index is 2.23. The summed E-state index contributed by atoms with van der Waals surface area (Å²) in [5.74, 6) is -1.38. The van der Waals surface area contributed by atoms with Crippen LogP contribution in [0.5, 0.6) is 0 Å². The zero-order valence-corrected chi connectivity index (χ0v) is 12.7. The molecule has 21 heavy (non-hydrogen) atoms. The average Bonchev–Trinajstić information content (AvgIpc) is 2.46. The molecule has 0 aromatic heterocycles. The zero-order chi connectivity index (χ0) is 15.6. The van der Waals surface area contributed by atoms with Crippen LogP contribution < -0.4 is 4.90 Å². The number of likely N-dealkylation sites (tertiary alicyclic amines) is 1. The summed E-state index contributed by atoms with van der Waals surface area (Å²) >= 11 is 0. The predicted octanol–water partition coefficient (Wildman–Crippen LogP) is 2.08. The average molecular weight is 290 g/mol. The molecule has 1 fully saturated rings. The number of amides is 1. The van der Waals surface area contributed by atoms with Gasteiger partial charge in [-0.15, -0.1) is 0 Å². The van der Waals surface area contributed by atoms with Gasteiger partial charge in [-0.1, -0.05) is 6.07 Å². The monoisotopic (exact) mass is 290 g/mol. The number of carbonyl (C=O) groups excluding carboxylic acids is 1. The summed E-state index contributed by atoms with van der Waals surface area (Å²) in [6.07, 6.45) is 1.37. The molecule has 2 rings (SSSR count). The lowest BCUT2D eigenvalue weighted by Crippen LogP contribution is -2.49. The molecule has 0 radical (unpaired) electrons. The Morgan fingerprint density at radius 2 is 2.05 bits per heavy atom. The van der Waals surface area contributed by atoms with Crippen molar-refractivity contribution >= 4 is 17.6 Å². The standard InChI is InChI=1S/C16H22N2O3/c1-11-14(16(20)21)8-5-9-18(11)15(19)12-6-4-7-13(10-12)17(2)3/h4,6-7,10-11,14H,5,8-9H2,1-3H3,(H,20,21)/t11-,14-/m1/s1. The van der Waals surface area contributed by atoms with Crippen molar-refractivity contribution in [3.8, 4) is 0 Å². The van der Waals surface area contributed by atoms with E-state index in [9.17, 15) is 14.7 Å². The van der Waals surface area contributed by atoms with E-state index in [-0.39, 0.29) is 11.9 Å². The molecule has 1 aliphatic heterocycles. The predicted molar refractivity (Wildman–Crippen MR) is 81.6 cm³/mol. The lowest BCUT2D eigenvalue weighted by molar-refractivity contribution is -0.144. The normalized spacial score (nSPS) is 22.0. The van der Waals surface area contributed by atoms with Gasteiger partial charge in [0.05, 0.1) is 5.92 Å². The van der Waals surface area contributed by atoms with Gasteiger partial charge in [-0.3, -0.25) is 9.59 Å². The third-order valence-corrected chi connectivity index (χ3v) is 4.18. The van der Waals surface area contributed by atoms with Gasteiger partial charge in [0.15, 0.2) is 0 Å². The van der Waals surface area contributed by atoms with Crippen LogP contribution in [0.2, 0.25) is 0 Å². The minimum atomic E-state index is -0.818. The Labute approximate surface area is 125 Å². The maximum atomic E-state index is 12.7. The van der Waals surface area contributed by atoms with E-state index in [1.165, 1.54) is 0 Å². The molecule has 114 valence electrons. The van der Waals surface area contributed by atoms with Gasteiger partial charge >= 0.3 is 5.97 Å². The number of benzene rings is 1. The van der Waals surface area contributed by atoms with Crippen LogP contribution in [0, 0.1) is 5.92 Å². The molecule has 1 aromatic carbocycles. The van der Waals surface area contributed by atoms with Crippen LogP contribution in [0.25, 0.3) is 0 Å². The summed E-state index contributed by atoms with van der Waals surface area (Å²) in [6, 6.07) is 7.15. The first-order chi connectivity index (χ1) is 9.91. The van der Waals surface area contributed by atoms with Crippen molar-refractivity contribution in [3.05, 3.63) is 29.8 Å². The molecule has 2 atom stereocenters. The first kappa shape index (κ1) is 15.4. The lowest BCUT2D eigenvalue weighted by atomic mass is 9.90. The van der Waals surface area contributed by atoms with Crippen LogP contribution in [0.15, 0.2) is 24.3 Å². The number of hydrogen-bond acceptors (Lipinski definition) is 3. The van der Waals surface area contributed by atoms with E-state index in [0.29, 0.717) is 18.5 Å². The molecule has 0 spiro atoms. The van der Waals surface area contributed by atoms with Crippen molar-refractivity contribution in [1.29, 1.82) is 0 Å². The summed E-state index contributed by atoms with van der Waals surface area (Å²) in [7, 11) is 3.85. The van der Waals surface area contributed by atoms with E-state index in [1.807, 2.05) is 44.1 Å². The van der Waals surface area contributed by atoms with E-state index in [0.717, 1.165) is 12.1 Å². The molecular weight excluding hydrogens is 268 g/mol. The minimum absolute atomic E-state index is 0.0860. The van der Waals surface area contributed by atoms with Gasteiger partial charge in [0, 0.05) is 37.9 Å². The van der Waals surface area contributed by atoms with Gasteiger partial charge in [0.25, 0.3) is 5.91 Å². The number of nitrogens with zero attached hydrogens (tertiary/aromatic N) is 2. The summed E-state index contributed by atoms with van der Waals surface area (Å²) in [5, 5.41) is 9.25. The van der Waals surface area contributed by atoms with E-state index in [2.05, 4.69) is 0 Å². The quantitative estimate of drug-likeness (QED) is 0.926. The Morgan fingerprint density at radius 3 is 2.67 bits per heavy atom. The third kappa shape index (κ3) is 3.17. The largest absolute Gasteiger partial charge is 0.481 e. The lowest BCUT2D eigenvalue weighted by Gasteiger charge is -2.37.